The Bertz CT molecular complexity index is 699. The Morgan fingerprint density at radius 3 is 2.21 bits per heavy atom. The topological polar surface area (TPSA) is 43.4 Å². The van der Waals surface area contributed by atoms with E-state index in [9.17, 15) is 12.8 Å². The predicted octanol–water partition coefficient (Wildman–Crippen LogP) is 4.20. The molecular formula is C12H7Cl2FO3S. The van der Waals surface area contributed by atoms with E-state index >= 15 is 0 Å². The average molecular weight is 321 g/mol. The zero-order chi connectivity index (χ0) is 14.0. The van der Waals surface area contributed by atoms with Gasteiger partial charge in [-0.3, -0.25) is 0 Å². The van der Waals surface area contributed by atoms with E-state index in [1.807, 2.05) is 0 Å². The molecule has 0 aliphatic heterocycles. The van der Waals surface area contributed by atoms with Gasteiger partial charge in [0.2, 0.25) is 0 Å². The van der Waals surface area contributed by atoms with Crippen molar-refractivity contribution < 1.29 is 17.5 Å². The van der Waals surface area contributed by atoms with Gasteiger partial charge in [-0.05, 0) is 42.5 Å². The zero-order valence-corrected chi connectivity index (χ0v) is 11.6. The largest absolute Gasteiger partial charge is 0.456 e. The Morgan fingerprint density at radius 2 is 1.68 bits per heavy atom. The first-order chi connectivity index (χ1) is 8.86. The van der Waals surface area contributed by atoms with Gasteiger partial charge in [0.1, 0.15) is 17.3 Å². The minimum absolute atomic E-state index is 0.0354. The number of halogens is 3. The minimum atomic E-state index is -3.77. The molecule has 0 bridgehead atoms. The Morgan fingerprint density at radius 1 is 1.05 bits per heavy atom. The minimum Gasteiger partial charge on any atom is -0.456 e. The molecule has 0 aromatic heterocycles. The summed E-state index contributed by atoms with van der Waals surface area (Å²) in [6.07, 6.45) is 0. The van der Waals surface area contributed by atoms with Gasteiger partial charge in [0, 0.05) is 10.7 Å². The first kappa shape index (κ1) is 14.1. The highest BCUT2D eigenvalue weighted by Gasteiger charge is 2.10. The van der Waals surface area contributed by atoms with Gasteiger partial charge in [-0.25, -0.2) is 12.8 Å². The number of benzene rings is 2. The van der Waals surface area contributed by atoms with Crippen LogP contribution in [0, 0.1) is 5.82 Å². The van der Waals surface area contributed by atoms with E-state index in [-0.39, 0.29) is 15.7 Å². The molecule has 0 amide bonds. The molecule has 0 radical (unpaired) electrons. The molecule has 2 aromatic rings. The van der Waals surface area contributed by atoms with Crippen molar-refractivity contribution in [1.82, 2.24) is 0 Å². The molecule has 0 unspecified atom stereocenters. The van der Waals surface area contributed by atoms with Gasteiger partial charge >= 0.3 is 0 Å². The number of ether oxygens (including phenoxy) is 1. The molecule has 0 heterocycles. The molecule has 0 saturated heterocycles. The molecule has 0 N–H and O–H groups in total. The molecule has 0 saturated carbocycles. The first-order valence-corrected chi connectivity index (χ1v) is 7.72. The summed E-state index contributed by atoms with van der Waals surface area (Å²) in [7, 11) is 1.42. The lowest BCUT2D eigenvalue weighted by atomic mass is 10.3. The molecule has 0 aliphatic carbocycles. The second-order valence-corrected chi connectivity index (χ2v) is 6.56. The molecule has 100 valence electrons. The highest BCUT2D eigenvalue weighted by molar-refractivity contribution is 8.13. The molecule has 3 nitrogen and oxygen atoms in total. The van der Waals surface area contributed by atoms with Crippen LogP contribution in [0.5, 0.6) is 11.5 Å². The Kier molecular flexibility index (Phi) is 3.99. The van der Waals surface area contributed by atoms with Gasteiger partial charge < -0.3 is 4.74 Å². The van der Waals surface area contributed by atoms with Crippen molar-refractivity contribution in [3.63, 3.8) is 0 Å². The fraction of sp³-hybridized carbons (Fsp3) is 0. The van der Waals surface area contributed by atoms with Gasteiger partial charge in [-0.15, -0.1) is 0 Å². The van der Waals surface area contributed by atoms with Crippen LogP contribution in [0.4, 0.5) is 4.39 Å². The molecule has 2 aromatic carbocycles. The van der Waals surface area contributed by atoms with Crippen molar-refractivity contribution in [2.24, 2.45) is 0 Å². The van der Waals surface area contributed by atoms with E-state index in [4.69, 9.17) is 27.0 Å². The van der Waals surface area contributed by atoms with Crippen LogP contribution < -0.4 is 4.74 Å². The van der Waals surface area contributed by atoms with E-state index in [1.54, 1.807) is 0 Å². The molecule has 0 fully saturated rings. The highest BCUT2D eigenvalue weighted by atomic mass is 35.7. The van der Waals surface area contributed by atoms with Crippen molar-refractivity contribution in [2.75, 3.05) is 0 Å². The molecule has 19 heavy (non-hydrogen) atoms. The highest BCUT2D eigenvalue weighted by Crippen LogP contribution is 2.30. The second kappa shape index (κ2) is 5.36. The number of rotatable bonds is 3. The average Bonchev–Trinajstić information content (AvgIpc) is 2.32. The van der Waals surface area contributed by atoms with Crippen molar-refractivity contribution in [2.45, 2.75) is 4.90 Å². The lowest BCUT2D eigenvalue weighted by molar-refractivity contribution is 0.480. The van der Waals surface area contributed by atoms with Crippen LogP contribution in [0.2, 0.25) is 5.02 Å². The summed E-state index contributed by atoms with van der Waals surface area (Å²) in [5.74, 6) is 0.156. The van der Waals surface area contributed by atoms with Crippen LogP contribution >= 0.6 is 22.3 Å². The monoisotopic (exact) mass is 320 g/mol. The summed E-state index contributed by atoms with van der Waals surface area (Å²) < 4.78 is 40.4. The smallest absolute Gasteiger partial charge is 0.261 e. The predicted molar refractivity (Wildman–Crippen MR) is 71.0 cm³/mol. The van der Waals surface area contributed by atoms with Crippen LogP contribution in [0.25, 0.3) is 0 Å². The van der Waals surface area contributed by atoms with Crippen molar-refractivity contribution in [3.8, 4) is 11.5 Å². The van der Waals surface area contributed by atoms with Crippen LogP contribution in [-0.4, -0.2) is 8.42 Å². The quantitative estimate of drug-likeness (QED) is 0.796. The van der Waals surface area contributed by atoms with Crippen molar-refractivity contribution >= 4 is 31.3 Å². The van der Waals surface area contributed by atoms with Gasteiger partial charge in [-0.2, -0.15) is 0 Å². The zero-order valence-electron chi connectivity index (χ0n) is 9.31. The van der Waals surface area contributed by atoms with Crippen LogP contribution in [0.1, 0.15) is 0 Å². The molecular weight excluding hydrogens is 314 g/mol. The van der Waals surface area contributed by atoms with Crippen molar-refractivity contribution in [3.05, 3.63) is 53.3 Å². The number of hydrogen-bond donors (Lipinski definition) is 0. The first-order valence-electron chi connectivity index (χ1n) is 5.04. The lowest BCUT2D eigenvalue weighted by Gasteiger charge is -2.07. The fourth-order valence-electron chi connectivity index (χ4n) is 1.36. The Hall–Kier alpha value is -1.30. The Labute approximate surface area is 119 Å². The second-order valence-electron chi connectivity index (χ2n) is 3.59. The molecule has 0 atom stereocenters. The fourth-order valence-corrected chi connectivity index (χ4v) is 2.33. The standard InChI is InChI=1S/C12H7Cl2FO3S/c13-11-7-8(15)1-6-12(11)18-9-2-4-10(5-3-9)19(14,16)17/h1-7H. The molecule has 0 spiro atoms. The maximum atomic E-state index is 12.8. The maximum Gasteiger partial charge on any atom is 0.261 e. The summed E-state index contributed by atoms with van der Waals surface area (Å²) >= 11 is 5.80. The van der Waals surface area contributed by atoms with E-state index in [0.717, 1.165) is 6.07 Å². The van der Waals surface area contributed by atoms with Crippen molar-refractivity contribution in [1.29, 1.82) is 0 Å². The normalized spacial score (nSPS) is 11.3. The Balaban J connectivity index is 2.25. The number of hydrogen-bond acceptors (Lipinski definition) is 3. The summed E-state index contributed by atoms with van der Waals surface area (Å²) in [5, 5.41) is 0.119. The SMILES string of the molecule is O=S(=O)(Cl)c1ccc(Oc2ccc(F)cc2Cl)cc1. The van der Waals surface area contributed by atoms with Crippen LogP contribution in [-0.2, 0) is 9.05 Å². The van der Waals surface area contributed by atoms with E-state index in [1.165, 1.54) is 36.4 Å². The molecule has 7 heteroatoms. The maximum absolute atomic E-state index is 12.8. The molecule has 2 rings (SSSR count). The van der Waals surface area contributed by atoms with Crippen LogP contribution in [0.3, 0.4) is 0 Å². The summed E-state index contributed by atoms with van der Waals surface area (Å²) in [4.78, 5) is -0.0354. The van der Waals surface area contributed by atoms with E-state index in [2.05, 4.69) is 0 Å². The third-order valence-corrected chi connectivity index (χ3v) is 3.89. The van der Waals surface area contributed by atoms with Gasteiger partial charge in [0.25, 0.3) is 9.05 Å². The molecule has 0 aliphatic rings. The third-order valence-electron chi connectivity index (χ3n) is 2.23. The summed E-state index contributed by atoms with van der Waals surface area (Å²) in [6, 6.07) is 9.16. The van der Waals surface area contributed by atoms with E-state index in [0.29, 0.717) is 5.75 Å². The third kappa shape index (κ3) is 3.59. The summed E-state index contributed by atoms with van der Waals surface area (Å²) in [6.45, 7) is 0. The van der Waals surface area contributed by atoms with Gasteiger partial charge in [0.05, 0.1) is 9.92 Å². The lowest BCUT2D eigenvalue weighted by Crippen LogP contribution is -1.91. The van der Waals surface area contributed by atoms with E-state index < -0.39 is 14.9 Å². The van der Waals surface area contributed by atoms with Gasteiger partial charge in [-0.1, -0.05) is 11.6 Å². The van der Waals surface area contributed by atoms with Crippen LogP contribution in [0.15, 0.2) is 47.4 Å². The summed E-state index contributed by atoms with van der Waals surface area (Å²) in [5.41, 5.74) is 0. The van der Waals surface area contributed by atoms with Gasteiger partial charge in [0.15, 0.2) is 0 Å².